The molecule has 0 spiro atoms. The molecule has 0 amide bonds. The van der Waals surface area contributed by atoms with Crippen molar-refractivity contribution in [3.63, 3.8) is 0 Å². The van der Waals surface area contributed by atoms with Gasteiger partial charge in [0.2, 0.25) is 0 Å². The van der Waals surface area contributed by atoms with Gasteiger partial charge in [-0.05, 0) is 36.5 Å². The molecular weight excluding hydrogens is 252 g/mol. The van der Waals surface area contributed by atoms with E-state index in [1.807, 2.05) is 6.92 Å². The zero-order chi connectivity index (χ0) is 11.6. The zero-order valence-electron chi connectivity index (χ0n) is 9.67. The van der Waals surface area contributed by atoms with Crippen LogP contribution in [0.1, 0.15) is 48.2 Å². The predicted octanol–water partition coefficient (Wildman–Crippen LogP) is 4.14. The number of Topliss-reactive ketones (excluding diaryl/α,β-unsaturated/α-hetero) is 1. The second-order valence-electron chi connectivity index (χ2n) is 4.24. The number of aryl methyl sites for hydroxylation is 1. The molecule has 0 aliphatic rings. The molecule has 0 aliphatic heterocycles. The average molecular weight is 269 g/mol. The summed E-state index contributed by atoms with van der Waals surface area (Å²) in [4.78, 5) is 11.2. The lowest BCUT2D eigenvalue weighted by atomic mass is 9.95. The fourth-order valence-electron chi connectivity index (χ4n) is 1.51. The highest BCUT2D eigenvalue weighted by Gasteiger charge is 2.15. The van der Waals surface area contributed by atoms with Crippen molar-refractivity contribution in [3.8, 4) is 0 Å². The number of benzene rings is 1. The molecule has 82 valence electrons. The molecule has 1 atom stereocenters. The van der Waals surface area contributed by atoms with Crippen molar-refractivity contribution < 1.29 is 4.79 Å². The van der Waals surface area contributed by atoms with E-state index in [9.17, 15) is 4.79 Å². The Morgan fingerprint density at radius 2 is 1.93 bits per heavy atom. The molecule has 0 fully saturated rings. The first-order chi connectivity index (χ1) is 6.93. The van der Waals surface area contributed by atoms with Gasteiger partial charge < -0.3 is 0 Å². The lowest BCUT2D eigenvalue weighted by Crippen LogP contribution is -2.04. The minimum atomic E-state index is -0.170. The van der Waals surface area contributed by atoms with E-state index < -0.39 is 0 Å². The van der Waals surface area contributed by atoms with Gasteiger partial charge in [-0.15, -0.1) is 0 Å². The van der Waals surface area contributed by atoms with Crippen molar-refractivity contribution >= 4 is 21.7 Å². The maximum absolute atomic E-state index is 11.3. The Morgan fingerprint density at radius 3 is 2.40 bits per heavy atom. The summed E-state index contributed by atoms with van der Waals surface area (Å²) < 4.78 is 0. The van der Waals surface area contributed by atoms with Crippen LogP contribution >= 0.6 is 15.9 Å². The maximum atomic E-state index is 11.3. The van der Waals surface area contributed by atoms with Gasteiger partial charge in [-0.2, -0.15) is 0 Å². The highest BCUT2D eigenvalue weighted by Crippen LogP contribution is 2.29. The molecule has 1 aromatic carbocycles. The van der Waals surface area contributed by atoms with Gasteiger partial charge in [-0.1, -0.05) is 48.0 Å². The third-order valence-corrected chi connectivity index (χ3v) is 3.74. The van der Waals surface area contributed by atoms with Gasteiger partial charge in [-0.25, -0.2) is 0 Å². The van der Waals surface area contributed by atoms with Crippen LogP contribution in [0.2, 0.25) is 0 Å². The molecule has 15 heavy (non-hydrogen) atoms. The highest BCUT2D eigenvalue weighted by molar-refractivity contribution is 9.09. The molecule has 1 unspecified atom stereocenters. The largest absolute Gasteiger partial charge is 0.298 e. The smallest absolute Gasteiger partial charge is 0.147 e. The van der Waals surface area contributed by atoms with Gasteiger partial charge in [0.25, 0.3) is 0 Å². The number of hydrogen-bond acceptors (Lipinski definition) is 1. The Bertz CT molecular complexity index is 369. The van der Waals surface area contributed by atoms with Crippen LogP contribution in [-0.4, -0.2) is 5.78 Å². The van der Waals surface area contributed by atoms with Crippen LogP contribution in [0.25, 0.3) is 0 Å². The molecule has 0 saturated heterocycles. The molecule has 0 saturated carbocycles. The Hall–Kier alpha value is -0.630. The van der Waals surface area contributed by atoms with E-state index in [1.54, 1.807) is 6.92 Å². The summed E-state index contributed by atoms with van der Waals surface area (Å²) in [5.41, 5.74) is 3.53. The monoisotopic (exact) mass is 268 g/mol. The SMILES string of the molecule is CC(=O)C(Br)c1cc(C(C)C)ccc1C. The first-order valence-corrected chi connectivity index (χ1v) is 6.10. The molecule has 0 aromatic heterocycles. The third-order valence-electron chi connectivity index (χ3n) is 2.60. The van der Waals surface area contributed by atoms with Crippen molar-refractivity contribution in [1.29, 1.82) is 0 Å². The van der Waals surface area contributed by atoms with E-state index >= 15 is 0 Å². The van der Waals surface area contributed by atoms with E-state index in [2.05, 4.69) is 48.0 Å². The highest BCUT2D eigenvalue weighted by atomic mass is 79.9. The lowest BCUT2D eigenvalue weighted by molar-refractivity contribution is -0.116. The van der Waals surface area contributed by atoms with Crippen molar-refractivity contribution in [2.75, 3.05) is 0 Å². The standard InChI is InChI=1S/C13H17BrO/c1-8(2)11-6-5-9(3)12(7-11)13(14)10(4)15/h5-8,13H,1-4H3. The van der Waals surface area contributed by atoms with E-state index in [1.165, 1.54) is 5.56 Å². The van der Waals surface area contributed by atoms with E-state index in [0.717, 1.165) is 11.1 Å². The number of carbonyl (C=O) groups excluding carboxylic acids is 1. The number of carbonyl (C=O) groups is 1. The Balaban J connectivity index is 3.16. The number of rotatable bonds is 3. The van der Waals surface area contributed by atoms with Crippen LogP contribution in [0.5, 0.6) is 0 Å². The molecule has 0 aliphatic carbocycles. The van der Waals surface area contributed by atoms with Gasteiger partial charge in [0, 0.05) is 0 Å². The van der Waals surface area contributed by atoms with Crippen LogP contribution in [0.15, 0.2) is 18.2 Å². The summed E-state index contributed by atoms with van der Waals surface area (Å²) in [6, 6.07) is 6.34. The van der Waals surface area contributed by atoms with Gasteiger partial charge in [0.05, 0.1) is 4.83 Å². The van der Waals surface area contributed by atoms with Gasteiger partial charge in [0.15, 0.2) is 0 Å². The summed E-state index contributed by atoms with van der Waals surface area (Å²) in [5.74, 6) is 0.648. The van der Waals surface area contributed by atoms with Gasteiger partial charge in [0.1, 0.15) is 5.78 Å². The molecule has 1 aromatic rings. The first-order valence-electron chi connectivity index (χ1n) is 5.18. The molecule has 1 nitrogen and oxygen atoms in total. The van der Waals surface area contributed by atoms with Crippen molar-refractivity contribution in [1.82, 2.24) is 0 Å². The number of alkyl halides is 1. The minimum Gasteiger partial charge on any atom is -0.298 e. The van der Waals surface area contributed by atoms with Crippen LogP contribution in [-0.2, 0) is 4.79 Å². The summed E-state index contributed by atoms with van der Waals surface area (Å²) >= 11 is 3.43. The lowest BCUT2D eigenvalue weighted by Gasteiger charge is -2.14. The molecular formula is C13H17BrO. The van der Waals surface area contributed by atoms with Crippen LogP contribution < -0.4 is 0 Å². The number of halogens is 1. The minimum absolute atomic E-state index is 0.152. The third kappa shape index (κ3) is 2.91. The van der Waals surface area contributed by atoms with Crippen molar-refractivity contribution in [2.24, 2.45) is 0 Å². The molecule has 0 bridgehead atoms. The fraction of sp³-hybridized carbons (Fsp3) is 0.462. The molecule has 2 heteroatoms. The predicted molar refractivity (Wildman–Crippen MR) is 67.6 cm³/mol. The second-order valence-corrected chi connectivity index (χ2v) is 5.16. The van der Waals surface area contributed by atoms with E-state index in [-0.39, 0.29) is 10.6 Å². The zero-order valence-corrected chi connectivity index (χ0v) is 11.3. The van der Waals surface area contributed by atoms with Crippen molar-refractivity contribution in [2.45, 2.75) is 38.4 Å². The Morgan fingerprint density at radius 1 is 1.33 bits per heavy atom. The van der Waals surface area contributed by atoms with E-state index in [4.69, 9.17) is 0 Å². The van der Waals surface area contributed by atoms with E-state index in [0.29, 0.717) is 5.92 Å². The van der Waals surface area contributed by atoms with Crippen LogP contribution in [0, 0.1) is 6.92 Å². The Kier molecular flexibility index (Phi) is 4.09. The average Bonchev–Trinajstić information content (AvgIpc) is 2.16. The molecule has 0 N–H and O–H groups in total. The van der Waals surface area contributed by atoms with Gasteiger partial charge >= 0.3 is 0 Å². The first kappa shape index (κ1) is 12.4. The number of hydrogen-bond donors (Lipinski definition) is 0. The van der Waals surface area contributed by atoms with Crippen LogP contribution in [0.3, 0.4) is 0 Å². The summed E-state index contributed by atoms with van der Waals surface area (Å²) in [5, 5.41) is 0. The molecule has 0 heterocycles. The quantitative estimate of drug-likeness (QED) is 0.753. The fourth-order valence-corrected chi connectivity index (χ4v) is 2.00. The maximum Gasteiger partial charge on any atom is 0.147 e. The van der Waals surface area contributed by atoms with Crippen LogP contribution in [0.4, 0.5) is 0 Å². The summed E-state index contributed by atoms with van der Waals surface area (Å²) in [6.07, 6.45) is 0. The number of ketones is 1. The second kappa shape index (κ2) is 4.93. The van der Waals surface area contributed by atoms with Crippen molar-refractivity contribution in [3.05, 3.63) is 34.9 Å². The topological polar surface area (TPSA) is 17.1 Å². The Labute approximate surface area is 100 Å². The summed E-state index contributed by atoms with van der Waals surface area (Å²) in [7, 11) is 0. The molecule has 0 radical (unpaired) electrons. The summed E-state index contributed by atoms with van der Waals surface area (Å²) in [6.45, 7) is 7.97. The molecule has 1 rings (SSSR count). The van der Waals surface area contributed by atoms with Gasteiger partial charge in [-0.3, -0.25) is 4.79 Å². The normalized spacial score (nSPS) is 12.9.